The maximum atomic E-state index is 4.43. The fourth-order valence-electron chi connectivity index (χ4n) is 0.824. The van der Waals surface area contributed by atoms with Gasteiger partial charge in [-0.2, -0.15) is 25.3 Å². The first-order chi connectivity index (χ1) is 5.41. The molecule has 2 atom stereocenters. The van der Waals surface area contributed by atoms with Crippen LogP contribution in [0, 0.1) is 0 Å². The van der Waals surface area contributed by atoms with Gasteiger partial charge in [-0.25, -0.2) is 0 Å². The molecule has 12 heavy (non-hydrogen) atoms. The van der Waals surface area contributed by atoms with E-state index in [-0.39, 0.29) is 9.49 Å². The van der Waals surface area contributed by atoms with Gasteiger partial charge in [0.2, 0.25) is 0 Å². The molecular weight excluding hydrogens is 186 g/mol. The molecule has 0 radical (unpaired) electrons. The maximum absolute atomic E-state index is 4.43. The van der Waals surface area contributed by atoms with Crippen molar-refractivity contribution in [2.24, 2.45) is 4.99 Å². The highest BCUT2D eigenvalue weighted by Crippen LogP contribution is 2.23. The molecule has 0 fully saturated rings. The van der Waals surface area contributed by atoms with Crippen molar-refractivity contribution >= 4 is 31.5 Å². The van der Waals surface area contributed by atoms with E-state index in [1.165, 1.54) is 0 Å². The highest BCUT2D eigenvalue weighted by Gasteiger charge is 2.17. The zero-order valence-electron chi connectivity index (χ0n) is 7.23. The third-order valence-corrected chi connectivity index (χ3v) is 2.15. The van der Waals surface area contributed by atoms with Gasteiger partial charge in [0.15, 0.2) is 0 Å². The summed E-state index contributed by atoms with van der Waals surface area (Å²) >= 11 is 8.84. The second kappa shape index (κ2) is 3.30. The zero-order chi connectivity index (χ0) is 9.24. The fraction of sp³-hybridized carbons (Fsp3) is 0.444. The first kappa shape index (κ1) is 9.93. The summed E-state index contributed by atoms with van der Waals surface area (Å²) in [4.78, 5) is 4.10. The quantitative estimate of drug-likeness (QED) is 0.439. The number of aliphatic imine (C=N–C) groups is 1. The van der Waals surface area contributed by atoms with Crippen molar-refractivity contribution < 1.29 is 0 Å². The highest BCUT2D eigenvalue weighted by molar-refractivity contribution is 7.83. The molecule has 0 N–H and O–H groups in total. The van der Waals surface area contributed by atoms with Crippen LogP contribution in [0.25, 0.3) is 0 Å². The van der Waals surface area contributed by atoms with Crippen LogP contribution in [0.15, 0.2) is 29.4 Å². The van der Waals surface area contributed by atoms with Crippen molar-refractivity contribution in [2.45, 2.75) is 23.3 Å². The summed E-state index contributed by atoms with van der Waals surface area (Å²) in [7, 11) is 0. The lowest BCUT2D eigenvalue weighted by Gasteiger charge is -2.19. The third kappa shape index (κ3) is 3.07. The van der Waals surface area contributed by atoms with Crippen molar-refractivity contribution in [1.29, 1.82) is 0 Å². The molecule has 0 aromatic heterocycles. The Kier molecular flexibility index (Phi) is 2.74. The highest BCUT2D eigenvalue weighted by atomic mass is 32.1. The molecule has 0 spiro atoms. The summed E-state index contributed by atoms with van der Waals surface area (Å²) in [6, 6.07) is 0. The Morgan fingerprint density at radius 1 is 1.00 bits per heavy atom. The zero-order valence-corrected chi connectivity index (χ0v) is 9.02. The Bertz CT molecular complexity index is 223. The van der Waals surface area contributed by atoms with Crippen molar-refractivity contribution in [3.8, 4) is 0 Å². The van der Waals surface area contributed by atoms with E-state index < -0.39 is 0 Å². The van der Waals surface area contributed by atoms with Gasteiger partial charge in [-0.1, -0.05) is 12.2 Å². The Morgan fingerprint density at radius 3 is 2.25 bits per heavy atom. The third-order valence-electron chi connectivity index (χ3n) is 1.59. The SMILES string of the molecule is CC1(S)C=N/C=C\C(C)(S)/C=C\1. The molecule has 2 unspecified atom stereocenters. The number of rotatable bonds is 0. The van der Waals surface area contributed by atoms with Crippen LogP contribution in [0.5, 0.6) is 0 Å². The molecule has 1 aliphatic heterocycles. The van der Waals surface area contributed by atoms with Gasteiger partial charge in [0, 0.05) is 17.2 Å². The minimum absolute atomic E-state index is 0.220. The van der Waals surface area contributed by atoms with Gasteiger partial charge in [0.1, 0.15) is 0 Å². The van der Waals surface area contributed by atoms with Crippen molar-refractivity contribution in [2.75, 3.05) is 0 Å². The van der Waals surface area contributed by atoms with E-state index in [2.05, 4.69) is 30.2 Å². The predicted molar refractivity (Wildman–Crippen MR) is 61.6 cm³/mol. The predicted octanol–water partition coefficient (Wildman–Crippen LogP) is 2.52. The van der Waals surface area contributed by atoms with Crippen LogP contribution in [0.1, 0.15) is 13.8 Å². The molecule has 1 aliphatic rings. The molecule has 0 bridgehead atoms. The Balaban J connectivity index is 2.97. The molecule has 0 amide bonds. The smallest absolute Gasteiger partial charge is 0.0632 e. The van der Waals surface area contributed by atoms with Crippen LogP contribution in [0.4, 0.5) is 0 Å². The minimum Gasteiger partial charge on any atom is -0.268 e. The van der Waals surface area contributed by atoms with E-state index in [0.29, 0.717) is 0 Å². The summed E-state index contributed by atoms with van der Waals surface area (Å²) in [6.45, 7) is 3.99. The molecule has 1 rings (SSSR count). The van der Waals surface area contributed by atoms with Crippen molar-refractivity contribution in [3.05, 3.63) is 24.4 Å². The summed E-state index contributed by atoms with van der Waals surface area (Å²) in [5, 5.41) is 0. The first-order valence-electron chi connectivity index (χ1n) is 3.78. The van der Waals surface area contributed by atoms with Gasteiger partial charge in [0.25, 0.3) is 0 Å². The normalized spacial score (nSPS) is 46.3. The van der Waals surface area contributed by atoms with E-state index in [1.54, 1.807) is 12.4 Å². The lowest BCUT2D eigenvalue weighted by atomic mass is 10.1. The fourth-order valence-corrected chi connectivity index (χ4v) is 1.11. The number of thiol groups is 2. The molecule has 0 aliphatic carbocycles. The molecule has 3 heteroatoms. The van der Waals surface area contributed by atoms with E-state index in [0.717, 1.165) is 0 Å². The lowest BCUT2D eigenvalue weighted by molar-refractivity contribution is 0.975. The van der Waals surface area contributed by atoms with Crippen molar-refractivity contribution in [3.63, 3.8) is 0 Å². The van der Waals surface area contributed by atoms with Crippen molar-refractivity contribution in [1.82, 2.24) is 0 Å². The monoisotopic (exact) mass is 199 g/mol. The van der Waals surface area contributed by atoms with Crippen LogP contribution in [-0.4, -0.2) is 15.7 Å². The van der Waals surface area contributed by atoms with Crippen LogP contribution < -0.4 is 0 Å². The molecule has 1 nitrogen and oxygen atoms in total. The largest absolute Gasteiger partial charge is 0.268 e. The standard InChI is InChI=1S/C9H13NS2/c1-8(11)3-4-9(2,12)7-10-6-5-8/h3-7,11-12H,1-2H3/b4-3-,6-5-,10-7?. The lowest BCUT2D eigenvalue weighted by Crippen LogP contribution is -2.19. The molecule has 0 saturated carbocycles. The average Bonchev–Trinajstić information content (AvgIpc) is 1.94. The van der Waals surface area contributed by atoms with Crippen LogP contribution in [0.3, 0.4) is 0 Å². The molecule has 1 heterocycles. The molecular formula is C9H13NS2. The number of hydrogen-bond acceptors (Lipinski definition) is 3. The Labute approximate surface area is 84.5 Å². The van der Waals surface area contributed by atoms with Gasteiger partial charge in [-0.3, -0.25) is 4.99 Å². The van der Waals surface area contributed by atoms with E-state index >= 15 is 0 Å². The van der Waals surface area contributed by atoms with Gasteiger partial charge >= 0.3 is 0 Å². The van der Waals surface area contributed by atoms with Gasteiger partial charge in [-0.15, -0.1) is 0 Å². The van der Waals surface area contributed by atoms with Gasteiger partial charge < -0.3 is 0 Å². The molecule has 66 valence electrons. The topological polar surface area (TPSA) is 12.4 Å². The van der Waals surface area contributed by atoms with Crippen LogP contribution in [-0.2, 0) is 0 Å². The first-order valence-corrected chi connectivity index (χ1v) is 4.68. The Morgan fingerprint density at radius 2 is 1.58 bits per heavy atom. The molecule has 0 aromatic rings. The van der Waals surface area contributed by atoms with E-state index in [1.807, 2.05) is 32.1 Å². The van der Waals surface area contributed by atoms with Gasteiger partial charge in [-0.05, 0) is 19.9 Å². The number of hydrogen-bond donors (Lipinski definition) is 2. The summed E-state index contributed by atoms with van der Waals surface area (Å²) in [5.41, 5.74) is 0. The summed E-state index contributed by atoms with van der Waals surface area (Å²) in [6.07, 6.45) is 9.50. The molecule has 0 aromatic carbocycles. The summed E-state index contributed by atoms with van der Waals surface area (Å²) < 4.78 is -0.490. The number of nitrogens with zero attached hydrogens (tertiary/aromatic N) is 1. The minimum atomic E-state index is -0.269. The van der Waals surface area contributed by atoms with Gasteiger partial charge in [0.05, 0.1) is 4.75 Å². The van der Waals surface area contributed by atoms with Crippen LogP contribution in [0.2, 0.25) is 0 Å². The van der Waals surface area contributed by atoms with E-state index in [4.69, 9.17) is 0 Å². The van der Waals surface area contributed by atoms with E-state index in [9.17, 15) is 0 Å². The Hall–Kier alpha value is -0.150. The average molecular weight is 199 g/mol. The second-order valence-corrected chi connectivity index (χ2v) is 5.31. The van der Waals surface area contributed by atoms with Crippen LogP contribution >= 0.6 is 25.3 Å². The maximum Gasteiger partial charge on any atom is 0.0632 e. The second-order valence-electron chi connectivity index (χ2n) is 3.38. The summed E-state index contributed by atoms with van der Waals surface area (Å²) in [5.74, 6) is 0. The molecule has 0 saturated heterocycles.